The van der Waals surface area contributed by atoms with Gasteiger partial charge in [0.15, 0.2) is 0 Å². The lowest BCUT2D eigenvalue weighted by atomic mass is 9.77. The zero-order valence-electron chi connectivity index (χ0n) is 17.6. The predicted octanol–water partition coefficient (Wildman–Crippen LogP) is 5.23. The Labute approximate surface area is 177 Å². The summed E-state index contributed by atoms with van der Waals surface area (Å²) >= 11 is 0. The number of hydrogen-bond donors (Lipinski definition) is 1. The molecule has 1 aliphatic carbocycles. The van der Waals surface area contributed by atoms with Gasteiger partial charge in [0, 0.05) is 12.1 Å². The summed E-state index contributed by atoms with van der Waals surface area (Å²) in [4.78, 5) is 15.2. The minimum Gasteiger partial charge on any atom is -0.497 e. The highest BCUT2D eigenvalue weighted by molar-refractivity contribution is 5.76. The van der Waals surface area contributed by atoms with Crippen molar-refractivity contribution < 1.29 is 18.7 Å². The standard InChI is InChI=1S/C24H29FN2O3/c1-29-19-12-13-22(30-2)20(15-19)21-7-4-14-27(21)24(28)26-23(16-5-3-6-16)17-8-10-18(25)11-9-17/h8-13,15-16,21,23H,3-7,14H2,1-2H3,(H,26,28). The van der Waals surface area contributed by atoms with Crippen LogP contribution in [0.1, 0.15) is 55.3 Å². The zero-order chi connectivity index (χ0) is 21.1. The van der Waals surface area contributed by atoms with Crippen molar-refractivity contribution >= 4 is 6.03 Å². The van der Waals surface area contributed by atoms with Gasteiger partial charge in [-0.2, -0.15) is 0 Å². The Morgan fingerprint density at radius 1 is 1.07 bits per heavy atom. The quantitative estimate of drug-likeness (QED) is 0.707. The van der Waals surface area contributed by atoms with Gasteiger partial charge in [-0.15, -0.1) is 0 Å². The van der Waals surface area contributed by atoms with E-state index in [1.807, 2.05) is 23.1 Å². The average molecular weight is 413 g/mol. The van der Waals surface area contributed by atoms with Gasteiger partial charge >= 0.3 is 6.03 Å². The SMILES string of the molecule is COc1ccc(OC)c(C2CCCN2C(=O)NC(c2ccc(F)cc2)C2CCC2)c1. The molecule has 6 heteroatoms. The molecular weight excluding hydrogens is 383 g/mol. The molecule has 30 heavy (non-hydrogen) atoms. The summed E-state index contributed by atoms with van der Waals surface area (Å²) in [5, 5.41) is 3.25. The van der Waals surface area contributed by atoms with Crippen LogP contribution in [0.3, 0.4) is 0 Å². The van der Waals surface area contributed by atoms with E-state index in [0.717, 1.165) is 48.3 Å². The van der Waals surface area contributed by atoms with Crippen LogP contribution >= 0.6 is 0 Å². The number of benzene rings is 2. The molecule has 2 unspecified atom stereocenters. The predicted molar refractivity (Wildman–Crippen MR) is 113 cm³/mol. The number of nitrogens with one attached hydrogen (secondary N) is 1. The van der Waals surface area contributed by atoms with Gasteiger partial charge in [-0.25, -0.2) is 9.18 Å². The Balaban J connectivity index is 1.56. The fraction of sp³-hybridized carbons (Fsp3) is 0.458. The summed E-state index contributed by atoms with van der Waals surface area (Å²) < 4.78 is 24.4. The third kappa shape index (κ3) is 4.09. The first-order valence-corrected chi connectivity index (χ1v) is 10.6. The molecule has 2 aliphatic rings. The van der Waals surface area contributed by atoms with Crippen molar-refractivity contribution in [2.45, 2.75) is 44.2 Å². The molecule has 0 spiro atoms. The Morgan fingerprint density at radius 2 is 1.83 bits per heavy atom. The third-order valence-electron chi connectivity index (χ3n) is 6.44. The summed E-state index contributed by atoms with van der Waals surface area (Å²) in [6, 6.07) is 12.0. The lowest BCUT2D eigenvalue weighted by molar-refractivity contribution is 0.170. The van der Waals surface area contributed by atoms with E-state index in [4.69, 9.17) is 9.47 Å². The van der Waals surface area contributed by atoms with Gasteiger partial charge in [0.2, 0.25) is 0 Å². The lowest BCUT2D eigenvalue weighted by Gasteiger charge is -2.36. The van der Waals surface area contributed by atoms with E-state index in [-0.39, 0.29) is 23.9 Å². The average Bonchev–Trinajstić information content (AvgIpc) is 3.22. The number of amides is 2. The van der Waals surface area contributed by atoms with E-state index >= 15 is 0 Å². The molecule has 2 aromatic rings. The molecule has 2 fully saturated rings. The van der Waals surface area contributed by atoms with Gasteiger partial charge in [0.25, 0.3) is 0 Å². The largest absolute Gasteiger partial charge is 0.497 e. The van der Waals surface area contributed by atoms with E-state index in [9.17, 15) is 9.18 Å². The van der Waals surface area contributed by atoms with Crippen LogP contribution in [-0.4, -0.2) is 31.7 Å². The maximum atomic E-state index is 13.4. The summed E-state index contributed by atoms with van der Waals surface area (Å²) in [5.41, 5.74) is 1.93. The van der Waals surface area contributed by atoms with Crippen molar-refractivity contribution in [3.63, 3.8) is 0 Å². The van der Waals surface area contributed by atoms with Gasteiger partial charge < -0.3 is 19.7 Å². The minimum absolute atomic E-state index is 0.0645. The lowest BCUT2D eigenvalue weighted by Crippen LogP contribution is -2.44. The number of nitrogens with zero attached hydrogens (tertiary/aromatic N) is 1. The first-order chi connectivity index (χ1) is 14.6. The van der Waals surface area contributed by atoms with Crippen LogP contribution in [0.15, 0.2) is 42.5 Å². The Bertz CT molecular complexity index is 883. The van der Waals surface area contributed by atoms with Crippen LogP contribution in [0, 0.1) is 11.7 Å². The van der Waals surface area contributed by atoms with Crippen LogP contribution in [0.5, 0.6) is 11.5 Å². The molecular formula is C24H29FN2O3. The summed E-state index contributed by atoms with van der Waals surface area (Å²) in [6.45, 7) is 0.692. The van der Waals surface area contributed by atoms with Crippen molar-refractivity contribution in [1.82, 2.24) is 10.2 Å². The van der Waals surface area contributed by atoms with Gasteiger partial charge in [-0.1, -0.05) is 18.6 Å². The van der Waals surface area contributed by atoms with Crippen molar-refractivity contribution in [1.29, 1.82) is 0 Å². The summed E-state index contributed by atoms with van der Waals surface area (Å²) in [7, 11) is 3.28. The minimum atomic E-state index is -0.262. The number of methoxy groups -OCH3 is 2. The molecule has 1 saturated heterocycles. The number of ether oxygens (including phenoxy) is 2. The molecule has 4 rings (SSSR count). The molecule has 5 nitrogen and oxygen atoms in total. The van der Waals surface area contributed by atoms with Gasteiger partial charge in [-0.05, 0) is 67.5 Å². The molecule has 1 saturated carbocycles. The van der Waals surface area contributed by atoms with Crippen LogP contribution in [0.25, 0.3) is 0 Å². The van der Waals surface area contributed by atoms with E-state index in [1.54, 1.807) is 26.4 Å². The van der Waals surface area contributed by atoms with Gasteiger partial charge in [-0.3, -0.25) is 0 Å². The fourth-order valence-corrected chi connectivity index (χ4v) is 4.57. The van der Waals surface area contributed by atoms with E-state index in [1.165, 1.54) is 18.6 Å². The Kier molecular flexibility index (Phi) is 6.11. The Hall–Kier alpha value is -2.76. The number of likely N-dealkylation sites (tertiary alicyclic amines) is 1. The van der Waals surface area contributed by atoms with E-state index in [0.29, 0.717) is 12.5 Å². The second-order valence-corrected chi connectivity index (χ2v) is 8.13. The molecule has 2 amide bonds. The highest BCUT2D eigenvalue weighted by Gasteiger charge is 2.36. The summed E-state index contributed by atoms with van der Waals surface area (Å²) in [5.74, 6) is 1.64. The van der Waals surface area contributed by atoms with Crippen molar-refractivity contribution in [2.24, 2.45) is 5.92 Å². The van der Waals surface area contributed by atoms with Gasteiger partial charge in [0.1, 0.15) is 17.3 Å². The first-order valence-electron chi connectivity index (χ1n) is 10.6. The van der Waals surface area contributed by atoms with Crippen LogP contribution in [-0.2, 0) is 0 Å². The number of urea groups is 1. The zero-order valence-corrected chi connectivity index (χ0v) is 17.6. The third-order valence-corrected chi connectivity index (χ3v) is 6.44. The number of carbonyl (C=O) groups is 1. The molecule has 1 N–H and O–H groups in total. The number of rotatable bonds is 6. The van der Waals surface area contributed by atoms with Crippen LogP contribution < -0.4 is 14.8 Å². The second-order valence-electron chi connectivity index (χ2n) is 8.13. The molecule has 0 aromatic heterocycles. The molecule has 1 heterocycles. The molecule has 0 bridgehead atoms. The van der Waals surface area contributed by atoms with Crippen LogP contribution in [0.2, 0.25) is 0 Å². The highest BCUT2D eigenvalue weighted by Crippen LogP contribution is 2.41. The van der Waals surface area contributed by atoms with Crippen LogP contribution in [0.4, 0.5) is 9.18 Å². The topological polar surface area (TPSA) is 50.8 Å². The van der Waals surface area contributed by atoms with Crippen molar-refractivity contribution in [2.75, 3.05) is 20.8 Å². The van der Waals surface area contributed by atoms with E-state index < -0.39 is 0 Å². The van der Waals surface area contributed by atoms with Crippen molar-refractivity contribution in [3.05, 3.63) is 59.4 Å². The van der Waals surface area contributed by atoms with Gasteiger partial charge in [0.05, 0.1) is 26.3 Å². The molecule has 160 valence electrons. The Morgan fingerprint density at radius 3 is 2.47 bits per heavy atom. The normalized spacial score (nSPS) is 19.8. The molecule has 1 aliphatic heterocycles. The number of hydrogen-bond acceptors (Lipinski definition) is 3. The molecule has 2 atom stereocenters. The van der Waals surface area contributed by atoms with Crippen molar-refractivity contribution in [3.8, 4) is 11.5 Å². The fourth-order valence-electron chi connectivity index (χ4n) is 4.57. The highest BCUT2D eigenvalue weighted by atomic mass is 19.1. The maximum absolute atomic E-state index is 13.4. The smallest absolute Gasteiger partial charge is 0.318 e. The molecule has 0 radical (unpaired) electrons. The van der Waals surface area contributed by atoms with E-state index in [2.05, 4.69) is 5.32 Å². The number of halogens is 1. The maximum Gasteiger partial charge on any atom is 0.318 e. The first kappa shape index (κ1) is 20.5. The number of carbonyl (C=O) groups excluding carboxylic acids is 1. The molecule has 2 aromatic carbocycles. The second kappa shape index (κ2) is 8.94. The monoisotopic (exact) mass is 412 g/mol. The summed E-state index contributed by atoms with van der Waals surface area (Å²) in [6.07, 6.45) is 5.14.